The SMILES string of the molecule is C[C@@H]1CN(c2ccc(C(=O)NS(=O)(=O)c3ccc(NCC4CCOCC4)c([N+](=O)[O-])c3)c(Oc3cnc4[nH]ccc4c3)c2)CCN1CC1=C(c2ccc(Cl)cc2)CC(C)(C)CC1. The van der Waals surface area contributed by atoms with E-state index in [0.29, 0.717) is 44.2 Å². The highest BCUT2D eigenvalue weighted by Crippen LogP contribution is 2.44. The van der Waals surface area contributed by atoms with Crippen molar-refractivity contribution in [2.24, 2.45) is 11.3 Å². The highest BCUT2D eigenvalue weighted by molar-refractivity contribution is 7.90. The third-order valence-corrected chi connectivity index (χ3v) is 13.9. The summed E-state index contributed by atoms with van der Waals surface area (Å²) in [5.74, 6) is -0.202. The minimum atomic E-state index is -4.56. The number of aromatic nitrogens is 2. The van der Waals surface area contributed by atoms with Crippen LogP contribution in [0.15, 0.2) is 95.7 Å². The number of halogens is 1. The van der Waals surface area contributed by atoms with Gasteiger partial charge in [0.2, 0.25) is 0 Å². The third kappa shape index (κ3) is 9.91. The predicted molar refractivity (Wildman–Crippen MR) is 242 cm³/mol. The zero-order chi connectivity index (χ0) is 43.6. The van der Waals surface area contributed by atoms with Crippen molar-refractivity contribution in [3.05, 3.63) is 117 Å². The van der Waals surface area contributed by atoms with E-state index in [2.05, 4.69) is 62.7 Å². The molecule has 1 aliphatic carbocycles. The molecule has 4 heterocycles. The lowest BCUT2D eigenvalue weighted by Gasteiger charge is -2.43. The Morgan fingerprint density at radius 2 is 1.85 bits per heavy atom. The number of carbonyl (C=O) groups is 1. The molecule has 0 radical (unpaired) electrons. The monoisotopic (exact) mass is 881 g/mol. The number of allylic oxidation sites excluding steroid dienone is 1. The maximum atomic E-state index is 14.0. The molecule has 1 amide bonds. The van der Waals surface area contributed by atoms with Crippen LogP contribution in [0.4, 0.5) is 17.1 Å². The Labute approximate surface area is 366 Å². The van der Waals surface area contributed by atoms with Gasteiger partial charge < -0.3 is 24.7 Å². The van der Waals surface area contributed by atoms with Crippen LogP contribution in [-0.2, 0) is 14.8 Å². The highest BCUT2D eigenvalue weighted by Gasteiger charge is 2.32. The van der Waals surface area contributed by atoms with E-state index in [1.165, 1.54) is 35.0 Å². The van der Waals surface area contributed by atoms with Crippen LogP contribution < -0.4 is 19.7 Å². The number of nitro benzene ring substituents is 1. The zero-order valence-corrected chi connectivity index (χ0v) is 36.7. The number of pyridine rings is 1. The van der Waals surface area contributed by atoms with Crippen molar-refractivity contribution in [2.75, 3.05) is 56.2 Å². The van der Waals surface area contributed by atoms with Crippen molar-refractivity contribution in [3.63, 3.8) is 0 Å². The number of hydrogen-bond donors (Lipinski definition) is 3. The number of piperazine rings is 1. The molecule has 5 aromatic rings. The van der Waals surface area contributed by atoms with Crippen LogP contribution in [0.3, 0.4) is 0 Å². The minimum Gasteiger partial charge on any atom is -0.455 e. The van der Waals surface area contributed by atoms with Crippen LogP contribution in [0, 0.1) is 21.4 Å². The summed E-state index contributed by atoms with van der Waals surface area (Å²) in [7, 11) is -4.56. The Bertz CT molecular complexity index is 2610. The van der Waals surface area contributed by atoms with E-state index < -0.39 is 31.4 Å². The number of H-pyrrole nitrogens is 1. The van der Waals surface area contributed by atoms with E-state index in [0.717, 1.165) is 67.4 Å². The number of ether oxygens (including phenoxy) is 2. The second kappa shape index (κ2) is 18.1. The summed E-state index contributed by atoms with van der Waals surface area (Å²) in [6.45, 7) is 11.7. The highest BCUT2D eigenvalue weighted by atomic mass is 35.5. The lowest BCUT2D eigenvalue weighted by atomic mass is 9.72. The molecule has 2 aliphatic heterocycles. The lowest BCUT2D eigenvalue weighted by molar-refractivity contribution is -0.384. The van der Waals surface area contributed by atoms with Crippen LogP contribution in [0.2, 0.25) is 5.02 Å². The van der Waals surface area contributed by atoms with Crippen LogP contribution >= 0.6 is 11.6 Å². The van der Waals surface area contributed by atoms with E-state index in [-0.39, 0.29) is 34.4 Å². The topological polar surface area (TPSA) is 172 Å². The average Bonchev–Trinajstić information content (AvgIpc) is 3.72. The van der Waals surface area contributed by atoms with Gasteiger partial charge in [-0.2, -0.15) is 0 Å². The molecule has 3 aliphatic rings. The summed E-state index contributed by atoms with van der Waals surface area (Å²) in [5, 5.41) is 16.7. The number of aromatic amines is 1. The summed E-state index contributed by atoms with van der Waals surface area (Å²) >= 11 is 6.26. The second-order valence-electron chi connectivity index (χ2n) is 17.4. The number of benzene rings is 3. The number of anilines is 2. The molecule has 2 fully saturated rings. The van der Waals surface area contributed by atoms with Crippen molar-refractivity contribution in [2.45, 2.75) is 63.8 Å². The molecule has 0 bridgehead atoms. The number of hydrogen-bond acceptors (Lipinski definition) is 11. The molecular weight excluding hydrogens is 830 g/mol. The molecule has 2 saturated heterocycles. The van der Waals surface area contributed by atoms with Crippen molar-refractivity contribution in [3.8, 4) is 11.5 Å². The first-order valence-electron chi connectivity index (χ1n) is 21.1. The molecule has 16 heteroatoms. The zero-order valence-electron chi connectivity index (χ0n) is 35.2. The summed E-state index contributed by atoms with van der Waals surface area (Å²) in [4.78, 5) is 37.2. The first-order chi connectivity index (χ1) is 29.7. The molecule has 1 atom stereocenters. The number of carbonyl (C=O) groups excluding carboxylic acids is 1. The largest absolute Gasteiger partial charge is 0.455 e. The quantitative estimate of drug-likeness (QED) is 0.0761. The number of nitrogens with zero attached hydrogens (tertiary/aromatic N) is 4. The molecule has 326 valence electrons. The maximum Gasteiger partial charge on any atom is 0.293 e. The number of sulfonamides is 1. The molecule has 14 nitrogen and oxygen atoms in total. The van der Waals surface area contributed by atoms with Crippen LogP contribution in [0.1, 0.15) is 68.8 Å². The number of nitro groups is 1. The number of fused-ring (bicyclic) bond motifs is 1. The number of rotatable bonds is 13. The van der Waals surface area contributed by atoms with Crippen molar-refractivity contribution in [1.29, 1.82) is 0 Å². The Hall–Kier alpha value is -5.48. The van der Waals surface area contributed by atoms with Crippen molar-refractivity contribution < 1.29 is 27.6 Å². The Balaban J connectivity index is 1.02. The minimum absolute atomic E-state index is 0.0377. The summed E-state index contributed by atoms with van der Waals surface area (Å²) in [6, 6.07) is 20.7. The molecule has 0 unspecified atom stereocenters. The van der Waals surface area contributed by atoms with Gasteiger partial charge in [-0.15, -0.1) is 0 Å². The molecule has 8 rings (SSSR count). The van der Waals surface area contributed by atoms with Gasteiger partial charge in [0.1, 0.15) is 22.8 Å². The van der Waals surface area contributed by atoms with E-state index in [1.54, 1.807) is 30.5 Å². The predicted octanol–water partition coefficient (Wildman–Crippen LogP) is 9.05. The van der Waals surface area contributed by atoms with Crippen LogP contribution in [0.25, 0.3) is 16.6 Å². The van der Waals surface area contributed by atoms with E-state index in [1.807, 2.05) is 18.2 Å². The Morgan fingerprint density at radius 3 is 2.61 bits per heavy atom. The van der Waals surface area contributed by atoms with E-state index in [4.69, 9.17) is 21.1 Å². The third-order valence-electron chi connectivity index (χ3n) is 12.3. The van der Waals surface area contributed by atoms with Gasteiger partial charge in [0, 0.05) is 86.4 Å². The smallest absolute Gasteiger partial charge is 0.293 e. The fourth-order valence-corrected chi connectivity index (χ4v) is 9.79. The van der Waals surface area contributed by atoms with Gasteiger partial charge in [-0.05, 0) is 110 Å². The number of nitrogens with one attached hydrogen (secondary N) is 3. The fraction of sp³-hybridized carbons (Fsp3) is 0.391. The summed E-state index contributed by atoms with van der Waals surface area (Å²) in [5.41, 5.74) is 5.53. The Kier molecular flexibility index (Phi) is 12.6. The summed E-state index contributed by atoms with van der Waals surface area (Å²) < 4.78 is 41.3. The van der Waals surface area contributed by atoms with Crippen molar-refractivity contribution in [1.82, 2.24) is 19.6 Å². The fourth-order valence-electron chi connectivity index (χ4n) is 8.68. The van der Waals surface area contributed by atoms with Gasteiger partial charge in [-0.3, -0.25) is 19.8 Å². The first-order valence-corrected chi connectivity index (χ1v) is 23.0. The van der Waals surface area contributed by atoms with E-state index in [9.17, 15) is 23.3 Å². The second-order valence-corrected chi connectivity index (χ2v) is 19.5. The van der Waals surface area contributed by atoms with Gasteiger partial charge in [0.05, 0.1) is 21.6 Å². The molecule has 62 heavy (non-hydrogen) atoms. The average molecular weight is 882 g/mol. The van der Waals surface area contributed by atoms with Crippen LogP contribution in [0.5, 0.6) is 11.5 Å². The molecular formula is C46H52ClN7O7S. The molecule has 0 saturated carbocycles. The van der Waals surface area contributed by atoms with Gasteiger partial charge in [0.15, 0.2) is 0 Å². The first kappa shape index (κ1) is 43.2. The maximum absolute atomic E-state index is 14.0. The number of amides is 1. The normalized spacial score (nSPS) is 18.8. The van der Waals surface area contributed by atoms with Gasteiger partial charge >= 0.3 is 0 Å². The summed E-state index contributed by atoms with van der Waals surface area (Å²) in [6.07, 6.45) is 8.11. The standard InChI is InChI=1S/C46H52ClN7O7S/c1-30-28-53(19-18-52(30)29-34-12-16-46(2,3)25-40(34)32-4-6-35(47)7-5-32)36-8-10-39(43(23-36)61-37-22-33-13-17-48-44(33)50-27-37)45(55)51-62(58,59)38-9-11-41(42(24-38)54(56)57)49-26-31-14-20-60-21-15-31/h4-11,13,17,22-24,27,30-31,49H,12,14-16,18-21,25-26,28-29H2,1-3H3,(H,48,50)(H,51,55)/t30-/m1/s1. The lowest BCUT2D eigenvalue weighted by Crippen LogP contribution is -2.52. The molecule has 3 aromatic carbocycles. The molecule has 2 aromatic heterocycles. The molecule has 0 spiro atoms. The Morgan fingerprint density at radius 1 is 1.06 bits per heavy atom. The molecule has 3 N–H and O–H groups in total. The van der Waals surface area contributed by atoms with Crippen LogP contribution in [-0.4, -0.2) is 86.1 Å². The van der Waals surface area contributed by atoms with Gasteiger partial charge in [0.25, 0.3) is 21.6 Å². The van der Waals surface area contributed by atoms with Gasteiger partial charge in [-0.1, -0.05) is 43.2 Å². The van der Waals surface area contributed by atoms with Crippen molar-refractivity contribution >= 4 is 61.2 Å². The van der Waals surface area contributed by atoms with Gasteiger partial charge in [-0.25, -0.2) is 18.1 Å². The van der Waals surface area contributed by atoms with E-state index >= 15 is 0 Å².